The van der Waals surface area contributed by atoms with Gasteiger partial charge in [0.05, 0.1) is 37.9 Å². The molecule has 1 aromatic carbocycles. The van der Waals surface area contributed by atoms with Gasteiger partial charge in [-0.3, -0.25) is 9.67 Å². The van der Waals surface area contributed by atoms with Crippen LogP contribution in [0, 0.1) is 12.7 Å². The molecule has 0 bridgehead atoms. The highest BCUT2D eigenvalue weighted by atomic mass is 32.2. The topological polar surface area (TPSA) is 125 Å². The minimum absolute atomic E-state index is 0.0786. The first-order chi connectivity index (χ1) is 18.6. The molecule has 0 unspecified atom stereocenters. The summed E-state index contributed by atoms with van der Waals surface area (Å²) in [5.74, 6) is -0.523. The molecule has 0 spiro atoms. The van der Waals surface area contributed by atoms with Crippen LogP contribution in [0.4, 0.5) is 10.1 Å². The largest absolute Gasteiger partial charge is 0.494 e. The van der Waals surface area contributed by atoms with Gasteiger partial charge >= 0.3 is 10.2 Å². The first-order valence-corrected chi connectivity index (χ1v) is 13.2. The standard InChI is InChI=1S/C25H26FN9O3S/c1-16-8-20(24(26)22(9-16)38-5)30-23-7-6-19-25(31-21(12-27-19)18-11-28-33(4)15-18)34(23)13-17-10-29-35(14-17)39(36,37)32(2)3/h6-12,14-15H,13H2,1-5H3/b30-23+. The predicted octanol–water partition coefficient (Wildman–Crippen LogP) is 2.42. The van der Waals surface area contributed by atoms with E-state index in [1.165, 1.54) is 33.6 Å². The van der Waals surface area contributed by atoms with E-state index < -0.39 is 16.0 Å². The van der Waals surface area contributed by atoms with Gasteiger partial charge in [0.1, 0.15) is 16.7 Å². The Morgan fingerprint density at radius 3 is 2.59 bits per heavy atom. The number of aryl methyl sites for hydroxylation is 2. The molecule has 0 saturated heterocycles. The van der Waals surface area contributed by atoms with E-state index in [0.29, 0.717) is 27.9 Å². The number of methoxy groups -OCH3 is 1. The zero-order valence-corrected chi connectivity index (χ0v) is 22.8. The van der Waals surface area contributed by atoms with Crippen molar-refractivity contribution in [2.75, 3.05) is 21.2 Å². The van der Waals surface area contributed by atoms with Crippen molar-refractivity contribution in [3.8, 4) is 17.0 Å². The van der Waals surface area contributed by atoms with Crippen LogP contribution in [-0.2, 0) is 23.8 Å². The van der Waals surface area contributed by atoms with Gasteiger partial charge in [-0.15, -0.1) is 0 Å². The van der Waals surface area contributed by atoms with Crippen LogP contribution in [0.3, 0.4) is 0 Å². The summed E-state index contributed by atoms with van der Waals surface area (Å²) in [5, 5.41) is 8.24. The van der Waals surface area contributed by atoms with E-state index in [-0.39, 0.29) is 18.0 Å². The number of fused-ring (bicyclic) bond motifs is 1. The van der Waals surface area contributed by atoms with Gasteiger partial charge in [0, 0.05) is 44.7 Å². The van der Waals surface area contributed by atoms with Crippen LogP contribution in [0.15, 0.2) is 60.2 Å². The van der Waals surface area contributed by atoms with Crippen molar-refractivity contribution in [2.24, 2.45) is 12.0 Å². The minimum atomic E-state index is -3.80. The van der Waals surface area contributed by atoms with E-state index in [1.807, 2.05) is 13.1 Å². The molecule has 0 atom stereocenters. The van der Waals surface area contributed by atoms with E-state index in [0.717, 1.165) is 19.5 Å². The summed E-state index contributed by atoms with van der Waals surface area (Å²) in [5.41, 5.74) is 4.16. The summed E-state index contributed by atoms with van der Waals surface area (Å²) in [6.07, 6.45) is 8.01. The summed E-state index contributed by atoms with van der Waals surface area (Å²) in [6.45, 7) is 1.95. The van der Waals surface area contributed by atoms with Crippen molar-refractivity contribution in [1.82, 2.24) is 37.8 Å². The van der Waals surface area contributed by atoms with Gasteiger partial charge in [-0.1, -0.05) is 0 Å². The number of hydrogen-bond acceptors (Lipinski definition) is 8. The lowest BCUT2D eigenvalue weighted by Gasteiger charge is -2.12. The van der Waals surface area contributed by atoms with Gasteiger partial charge in [0.2, 0.25) is 0 Å². The summed E-state index contributed by atoms with van der Waals surface area (Å²) < 4.78 is 50.8. The minimum Gasteiger partial charge on any atom is -0.494 e. The Morgan fingerprint density at radius 2 is 1.90 bits per heavy atom. The highest BCUT2D eigenvalue weighted by Crippen LogP contribution is 2.28. The second-order valence-corrected chi connectivity index (χ2v) is 11.1. The molecule has 39 heavy (non-hydrogen) atoms. The van der Waals surface area contributed by atoms with Crippen LogP contribution in [-0.4, -0.2) is 67.4 Å². The molecule has 4 heterocycles. The number of pyridine rings is 1. The van der Waals surface area contributed by atoms with Crippen LogP contribution < -0.4 is 10.2 Å². The number of hydrogen-bond donors (Lipinski definition) is 0. The number of nitrogens with zero attached hydrogens (tertiary/aromatic N) is 9. The zero-order valence-electron chi connectivity index (χ0n) is 21.9. The lowest BCUT2D eigenvalue weighted by Crippen LogP contribution is -2.29. The van der Waals surface area contributed by atoms with Crippen molar-refractivity contribution in [3.63, 3.8) is 0 Å². The van der Waals surface area contributed by atoms with Gasteiger partial charge in [0.15, 0.2) is 17.2 Å². The number of rotatable bonds is 7. The second-order valence-electron chi connectivity index (χ2n) is 9.07. The smallest absolute Gasteiger partial charge is 0.322 e. The van der Waals surface area contributed by atoms with Gasteiger partial charge in [-0.25, -0.2) is 14.4 Å². The Morgan fingerprint density at radius 1 is 1.10 bits per heavy atom. The maximum Gasteiger partial charge on any atom is 0.322 e. The highest BCUT2D eigenvalue weighted by molar-refractivity contribution is 7.87. The fourth-order valence-electron chi connectivity index (χ4n) is 3.97. The fourth-order valence-corrected chi connectivity index (χ4v) is 4.74. The molecule has 5 rings (SSSR count). The average Bonchev–Trinajstić information content (AvgIpc) is 3.56. The maximum absolute atomic E-state index is 15.2. The number of ether oxygens (including phenoxy) is 1. The summed E-state index contributed by atoms with van der Waals surface area (Å²) in [4.78, 5) is 14.0. The van der Waals surface area contributed by atoms with E-state index in [2.05, 4.69) is 20.2 Å². The van der Waals surface area contributed by atoms with E-state index in [4.69, 9.17) is 9.72 Å². The van der Waals surface area contributed by atoms with Gasteiger partial charge < -0.3 is 9.30 Å². The molecule has 14 heteroatoms. The molecule has 0 fully saturated rings. The average molecular weight is 552 g/mol. The molecule has 0 saturated carbocycles. The Labute approximate surface area is 223 Å². The summed E-state index contributed by atoms with van der Waals surface area (Å²) in [6, 6.07) is 6.66. The van der Waals surface area contributed by atoms with Gasteiger partial charge in [-0.05, 0) is 36.8 Å². The molecule has 0 N–H and O–H groups in total. The van der Waals surface area contributed by atoms with E-state index >= 15 is 4.39 Å². The van der Waals surface area contributed by atoms with Crippen LogP contribution >= 0.6 is 0 Å². The molecule has 4 aromatic heterocycles. The van der Waals surface area contributed by atoms with Crippen molar-refractivity contribution in [1.29, 1.82) is 0 Å². The number of benzene rings is 1. The number of halogens is 1. The van der Waals surface area contributed by atoms with Crippen molar-refractivity contribution < 1.29 is 17.5 Å². The van der Waals surface area contributed by atoms with Crippen LogP contribution in [0.1, 0.15) is 11.1 Å². The van der Waals surface area contributed by atoms with Crippen molar-refractivity contribution >= 4 is 27.1 Å². The third-order valence-corrected chi connectivity index (χ3v) is 7.57. The Kier molecular flexibility index (Phi) is 6.74. The maximum atomic E-state index is 15.2. The van der Waals surface area contributed by atoms with Crippen molar-refractivity contribution in [2.45, 2.75) is 13.5 Å². The third-order valence-electron chi connectivity index (χ3n) is 5.98. The molecule has 0 amide bonds. The molecule has 0 aliphatic rings. The van der Waals surface area contributed by atoms with Crippen LogP contribution in [0.5, 0.6) is 5.75 Å². The Balaban J connectivity index is 1.73. The molecule has 0 radical (unpaired) electrons. The Hall–Kier alpha value is -4.43. The summed E-state index contributed by atoms with van der Waals surface area (Å²) >= 11 is 0. The fraction of sp³-hybridized carbons (Fsp3) is 0.240. The molecular formula is C25H26FN9O3S. The third kappa shape index (κ3) is 5.03. The molecule has 0 aliphatic heterocycles. The van der Waals surface area contributed by atoms with Crippen LogP contribution in [0.2, 0.25) is 0 Å². The summed E-state index contributed by atoms with van der Waals surface area (Å²) in [7, 11) is 2.25. The lowest BCUT2D eigenvalue weighted by atomic mass is 10.2. The highest BCUT2D eigenvalue weighted by Gasteiger charge is 2.18. The Bertz CT molecular complexity index is 1870. The molecule has 0 aliphatic carbocycles. The van der Waals surface area contributed by atoms with Gasteiger partial charge in [-0.2, -0.15) is 27.0 Å². The lowest BCUT2D eigenvalue weighted by molar-refractivity contribution is 0.387. The van der Waals surface area contributed by atoms with E-state index in [9.17, 15) is 8.42 Å². The predicted molar refractivity (Wildman–Crippen MR) is 142 cm³/mol. The van der Waals surface area contributed by atoms with Crippen LogP contribution in [0.25, 0.3) is 22.4 Å². The second kappa shape index (κ2) is 10.0. The van der Waals surface area contributed by atoms with Gasteiger partial charge in [0.25, 0.3) is 0 Å². The molecule has 5 aromatic rings. The first kappa shape index (κ1) is 26.2. The van der Waals surface area contributed by atoms with Crippen molar-refractivity contribution in [3.05, 3.63) is 77.7 Å². The normalized spacial score (nSPS) is 12.5. The first-order valence-electron chi connectivity index (χ1n) is 11.8. The number of aromatic nitrogens is 7. The SMILES string of the molecule is COc1cc(C)cc(/N=c2\ccc3ncc(-c4cnn(C)c4)nc3n2Cc2cnn(S(=O)(=O)N(C)C)c2)c1F. The quantitative estimate of drug-likeness (QED) is 0.304. The molecular weight excluding hydrogens is 525 g/mol. The molecule has 202 valence electrons. The molecule has 12 nitrogen and oxygen atoms in total. The zero-order chi connectivity index (χ0) is 27.9. The monoisotopic (exact) mass is 551 g/mol. The van der Waals surface area contributed by atoms with E-state index in [1.54, 1.807) is 53.0 Å².